The number of nitrogens with one attached hydrogen (secondary N) is 1. The lowest BCUT2D eigenvalue weighted by molar-refractivity contribution is 0.0522. The molecule has 5 rings (SSSR count). The highest BCUT2D eigenvalue weighted by molar-refractivity contribution is 5.88. The fraction of sp³-hybridized carbons (Fsp3) is 0.179. The van der Waals surface area contributed by atoms with Crippen LogP contribution in [0.2, 0.25) is 0 Å². The molecule has 0 fully saturated rings. The molecule has 0 saturated heterocycles. The zero-order chi connectivity index (χ0) is 27.4. The van der Waals surface area contributed by atoms with Gasteiger partial charge in [0, 0.05) is 36.1 Å². The number of fused-ring (bicyclic) bond motifs is 1. The maximum Gasteiger partial charge on any atom is 0.435 e. The van der Waals surface area contributed by atoms with E-state index in [-0.39, 0.29) is 0 Å². The van der Waals surface area contributed by atoms with E-state index in [0.29, 0.717) is 40.8 Å². The average Bonchev–Trinajstić information content (AvgIpc) is 3.34. The Kier molecular flexibility index (Phi) is 6.93. The van der Waals surface area contributed by atoms with Crippen molar-refractivity contribution in [2.24, 2.45) is 0 Å². The Morgan fingerprint density at radius 1 is 1.00 bits per heavy atom. The van der Waals surface area contributed by atoms with E-state index in [1.807, 2.05) is 6.07 Å². The number of ether oxygens (including phenoxy) is 1. The zero-order valence-electron chi connectivity index (χ0n) is 21.4. The lowest BCUT2D eigenvalue weighted by Gasteiger charge is -2.19. The molecule has 0 aliphatic carbocycles. The number of pyridine rings is 1. The predicted octanol–water partition coefficient (Wildman–Crippen LogP) is 4.61. The van der Waals surface area contributed by atoms with Gasteiger partial charge in [0.05, 0.1) is 11.7 Å². The fourth-order valence-corrected chi connectivity index (χ4v) is 3.55. The Morgan fingerprint density at radius 3 is 2.64 bits per heavy atom. The van der Waals surface area contributed by atoms with Crippen LogP contribution in [0, 0.1) is 17.8 Å². The minimum atomic E-state index is -0.623. The third kappa shape index (κ3) is 6.37. The van der Waals surface area contributed by atoms with Crippen LogP contribution in [0.5, 0.6) is 0 Å². The van der Waals surface area contributed by atoms with Crippen molar-refractivity contribution >= 4 is 22.9 Å². The number of anilines is 1. The molecule has 0 spiro atoms. The Hall–Kier alpha value is -5.24. The second-order valence-electron chi connectivity index (χ2n) is 9.43. The summed E-state index contributed by atoms with van der Waals surface area (Å²) in [5.41, 5.74) is 2.45. The highest BCUT2D eigenvalue weighted by Crippen LogP contribution is 2.18. The number of hydrogen-bond donors (Lipinski definition) is 1. The summed E-state index contributed by atoms with van der Waals surface area (Å²) in [6.07, 6.45) is 5.65. The molecule has 0 atom stereocenters. The van der Waals surface area contributed by atoms with E-state index in [0.717, 1.165) is 10.9 Å². The van der Waals surface area contributed by atoms with Crippen molar-refractivity contribution in [2.75, 3.05) is 5.32 Å². The normalized spacial score (nSPS) is 11.1. The summed E-state index contributed by atoms with van der Waals surface area (Å²) < 4.78 is 20.0. The van der Waals surface area contributed by atoms with Gasteiger partial charge in [-0.2, -0.15) is 14.2 Å². The van der Waals surface area contributed by atoms with Gasteiger partial charge in [-0.05, 0) is 74.7 Å². The standard InChI is InChI=1S/C28H23FN8O2/c1-28(2,3)39-27(38)37-23-7-5-18(14-20(23)17-34-37)4-6-21-9-12-31-25(35-21)22-10-13-32-26(36-22)33-16-19-8-11-30-24(29)15-19/h5,7-15,17H,16H2,1-3H3,(H,32,33,36). The lowest BCUT2D eigenvalue weighted by Crippen LogP contribution is -2.27. The van der Waals surface area contributed by atoms with Crippen molar-refractivity contribution in [3.63, 3.8) is 0 Å². The summed E-state index contributed by atoms with van der Waals surface area (Å²) in [6, 6.07) is 11.9. The first-order valence-electron chi connectivity index (χ1n) is 12.0. The van der Waals surface area contributed by atoms with E-state index in [1.165, 1.54) is 16.9 Å². The van der Waals surface area contributed by atoms with Crippen LogP contribution in [0.3, 0.4) is 0 Å². The molecular formula is C28H23FN8O2. The second kappa shape index (κ2) is 10.6. The van der Waals surface area contributed by atoms with Crippen molar-refractivity contribution in [3.05, 3.63) is 90.0 Å². The molecule has 1 N–H and O–H groups in total. The van der Waals surface area contributed by atoms with Gasteiger partial charge >= 0.3 is 6.09 Å². The molecule has 39 heavy (non-hydrogen) atoms. The van der Waals surface area contributed by atoms with Crippen molar-refractivity contribution in [1.29, 1.82) is 0 Å². The number of benzene rings is 1. The molecular weight excluding hydrogens is 499 g/mol. The first kappa shape index (κ1) is 25.4. The summed E-state index contributed by atoms with van der Waals surface area (Å²) in [7, 11) is 0. The quantitative estimate of drug-likeness (QED) is 0.266. The first-order valence-corrected chi connectivity index (χ1v) is 12.0. The molecule has 0 aliphatic heterocycles. The van der Waals surface area contributed by atoms with Crippen LogP contribution in [0.4, 0.5) is 15.1 Å². The summed E-state index contributed by atoms with van der Waals surface area (Å²) >= 11 is 0. The molecule has 10 nitrogen and oxygen atoms in total. The van der Waals surface area contributed by atoms with Crippen molar-refractivity contribution in [1.82, 2.24) is 34.7 Å². The fourth-order valence-electron chi connectivity index (χ4n) is 3.55. The third-order valence-electron chi connectivity index (χ3n) is 5.25. The number of rotatable bonds is 4. The van der Waals surface area contributed by atoms with E-state index >= 15 is 0 Å². The van der Waals surface area contributed by atoms with Gasteiger partial charge in [-0.15, -0.1) is 0 Å². The van der Waals surface area contributed by atoms with Gasteiger partial charge in [0.1, 0.15) is 17.0 Å². The minimum Gasteiger partial charge on any atom is -0.442 e. The zero-order valence-corrected chi connectivity index (χ0v) is 21.4. The van der Waals surface area contributed by atoms with E-state index in [2.05, 4.69) is 47.2 Å². The van der Waals surface area contributed by atoms with Crippen LogP contribution in [0.15, 0.2) is 67.3 Å². The molecule has 11 heteroatoms. The van der Waals surface area contributed by atoms with Crippen LogP contribution in [0.1, 0.15) is 37.6 Å². The molecule has 0 radical (unpaired) electrons. The van der Waals surface area contributed by atoms with Gasteiger partial charge in [-0.3, -0.25) is 0 Å². The SMILES string of the molecule is CC(C)(C)OC(=O)n1ncc2cc(C#Cc3ccnc(-c4ccnc(NCc5ccnc(F)c5)n4)n3)ccc21. The maximum absolute atomic E-state index is 13.3. The third-order valence-corrected chi connectivity index (χ3v) is 5.25. The average molecular weight is 523 g/mol. The Morgan fingerprint density at radius 2 is 1.82 bits per heavy atom. The molecule has 4 aromatic heterocycles. The number of carbonyl (C=O) groups is 1. The highest BCUT2D eigenvalue weighted by Gasteiger charge is 2.20. The lowest BCUT2D eigenvalue weighted by atomic mass is 10.1. The van der Waals surface area contributed by atoms with Gasteiger partial charge in [0.25, 0.3) is 0 Å². The van der Waals surface area contributed by atoms with Crippen LogP contribution >= 0.6 is 0 Å². The number of aromatic nitrogens is 7. The molecule has 4 heterocycles. The smallest absolute Gasteiger partial charge is 0.435 e. The van der Waals surface area contributed by atoms with Crippen molar-refractivity contribution in [2.45, 2.75) is 32.9 Å². The second-order valence-corrected chi connectivity index (χ2v) is 9.43. The number of carbonyl (C=O) groups excluding carboxylic acids is 1. The Balaban J connectivity index is 1.32. The van der Waals surface area contributed by atoms with Crippen LogP contribution < -0.4 is 5.32 Å². The molecule has 0 aliphatic rings. The van der Waals surface area contributed by atoms with Gasteiger partial charge in [-0.25, -0.2) is 29.7 Å². The van der Waals surface area contributed by atoms with Crippen LogP contribution in [-0.4, -0.2) is 46.4 Å². The van der Waals surface area contributed by atoms with E-state index in [9.17, 15) is 9.18 Å². The van der Waals surface area contributed by atoms with Crippen LogP contribution in [0.25, 0.3) is 22.4 Å². The monoisotopic (exact) mass is 522 g/mol. The van der Waals surface area contributed by atoms with Gasteiger partial charge in [-0.1, -0.05) is 5.92 Å². The number of halogens is 1. The Labute approximate surface area is 223 Å². The summed E-state index contributed by atoms with van der Waals surface area (Å²) in [5, 5.41) is 7.98. The molecule has 194 valence electrons. The summed E-state index contributed by atoms with van der Waals surface area (Å²) in [5.74, 6) is 6.32. The highest BCUT2D eigenvalue weighted by atomic mass is 19.1. The molecule has 5 aromatic rings. The summed E-state index contributed by atoms with van der Waals surface area (Å²) in [6.45, 7) is 5.74. The van der Waals surface area contributed by atoms with Gasteiger partial charge < -0.3 is 10.1 Å². The Bertz CT molecular complexity index is 1730. The van der Waals surface area contributed by atoms with Crippen molar-refractivity contribution < 1.29 is 13.9 Å². The van der Waals surface area contributed by atoms with Crippen molar-refractivity contribution in [3.8, 4) is 23.4 Å². The predicted molar refractivity (Wildman–Crippen MR) is 142 cm³/mol. The molecule has 0 amide bonds. The molecule has 1 aromatic carbocycles. The number of nitrogens with zero attached hydrogens (tertiary/aromatic N) is 7. The maximum atomic E-state index is 13.3. The largest absolute Gasteiger partial charge is 0.442 e. The topological polar surface area (TPSA) is 121 Å². The first-order chi connectivity index (χ1) is 18.7. The van der Waals surface area contributed by atoms with Crippen LogP contribution in [-0.2, 0) is 11.3 Å². The number of hydrogen-bond acceptors (Lipinski definition) is 9. The summed E-state index contributed by atoms with van der Waals surface area (Å²) in [4.78, 5) is 33.5. The minimum absolute atomic E-state index is 0.330. The van der Waals surface area contributed by atoms with Gasteiger partial charge in [0.15, 0.2) is 5.82 Å². The molecule has 0 unspecified atom stereocenters. The van der Waals surface area contributed by atoms with E-state index < -0.39 is 17.6 Å². The molecule has 0 saturated carbocycles. The van der Waals surface area contributed by atoms with E-state index in [1.54, 1.807) is 69.7 Å². The van der Waals surface area contributed by atoms with Gasteiger partial charge in [0.2, 0.25) is 11.9 Å². The van der Waals surface area contributed by atoms with E-state index in [4.69, 9.17) is 4.74 Å². The molecule has 0 bridgehead atoms.